The van der Waals surface area contributed by atoms with E-state index in [2.05, 4.69) is 0 Å². The number of carboxylic acids is 1. The summed E-state index contributed by atoms with van der Waals surface area (Å²) in [5.41, 5.74) is 0. The van der Waals surface area contributed by atoms with Crippen LogP contribution in [0.4, 0.5) is 13.2 Å². The number of halogens is 4. The van der Waals surface area contributed by atoms with Gasteiger partial charge in [0.05, 0.1) is 5.38 Å². The molecule has 1 aliphatic heterocycles. The van der Waals surface area contributed by atoms with Crippen LogP contribution in [0.3, 0.4) is 0 Å². The largest absolute Gasteiger partial charge is 0.480 e. The maximum atomic E-state index is 12.0. The highest BCUT2D eigenvalue weighted by molar-refractivity contribution is 6.21. The lowest BCUT2D eigenvalue weighted by molar-refractivity contribution is -0.187. The zero-order chi connectivity index (χ0) is 11.8. The van der Waals surface area contributed by atoms with E-state index in [-0.39, 0.29) is 11.3 Å². The monoisotopic (exact) mass is 245 g/mol. The van der Waals surface area contributed by atoms with Gasteiger partial charge in [0.1, 0.15) is 6.04 Å². The van der Waals surface area contributed by atoms with Gasteiger partial charge in [0.25, 0.3) is 0 Å². The molecular weight excluding hydrogens is 239 g/mol. The minimum absolute atomic E-state index is 0.168. The van der Waals surface area contributed by atoms with Crippen molar-refractivity contribution in [1.82, 2.24) is 4.90 Å². The van der Waals surface area contributed by atoms with Crippen LogP contribution in [0.2, 0.25) is 0 Å². The number of alkyl halides is 4. The van der Waals surface area contributed by atoms with E-state index in [9.17, 15) is 22.8 Å². The number of amides is 1. The molecule has 0 aliphatic carbocycles. The van der Waals surface area contributed by atoms with Crippen molar-refractivity contribution in [2.24, 2.45) is 0 Å². The van der Waals surface area contributed by atoms with Crippen LogP contribution in [0.5, 0.6) is 0 Å². The molecule has 0 unspecified atom stereocenters. The Morgan fingerprint density at radius 3 is 2.33 bits per heavy atom. The lowest BCUT2D eigenvalue weighted by atomic mass is 10.2. The molecule has 8 heteroatoms. The molecule has 2 atom stereocenters. The Balaban J connectivity index is 2.85. The molecule has 1 aliphatic rings. The fourth-order valence-electron chi connectivity index (χ4n) is 1.41. The minimum Gasteiger partial charge on any atom is -0.480 e. The molecule has 1 rings (SSSR count). The Kier molecular flexibility index (Phi) is 3.13. The van der Waals surface area contributed by atoms with Crippen molar-refractivity contribution in [2.75, 3.05) is 6.54 Å². The first-order chi connectivity index (χ1) is 6.73. The first kappa shape index (κ1) is 12.1. The average molecular weight is 246 g/mol. The van der Waals surface area contributed by atoms with E-state index in [1.165, 1.54) is 0 Å². The summed E-state index contributed by atoms with van der Waals surface area (Å²) in [5, 5.41) is 7.84. The lowest BCUT2D eigenvalue weighted by Gasteiger charge is -2.22. The number of carboxylic acid groups (broad SMARTS) is 1. The van der Waals surface area contributed by atoms with Gasteiger partial charge in [-0.15, -0.1) is 11.6 Å². The predicted molar refractivity (Wildman–Crippen MR) is 43.4 cm³/mol. The molecule has 15 heavy (non-hydrogen) atoms. The van der Waals surface area contributed by atoms with Crippen molar-refractivity contribution in [3.05, 3.63) is 0 Å². The van der Waals surface area contributed by atoms with Gasteiger partial charge in [-0.3, -0.25) is 4.79 Å². The second-order valence-electron chi connectivity index (χ2n) is 3.14. The number of aliphatic carboxylic acids is 1. The normalized spacial score (nSPS) is 26.8. The minimum atomic E-state index is -5.06. The van der Waals surface area contributed by atoms with Gasteiger partial charge in [-0.05, 0) is 6.42 Å². The first-order valence-corrected chi connectivity index (χ1v) is 4.41. The van der Waals surface area contributed by atoms with Crippen LogP contribution in [0.1, 0.15) is 6.42 Å². The molecule has 86 valence electrons. The molecule has 0 spiro atoms. The number of rotatable bonds is 1. The predicted octanol–water partition coefficient (Wildman–Crippen LogP) is 0.842. The number of hydrogen-bond acceptors (Lipinski definition) is 2. The first-order valence-electron chi connectivity index (χ1n) is 3.98. The van der Waals surface area contributed by atoms with Crippen LogP contribution in [0.15, 0.2) is 0 Å². The van der Waals surface area contributed by atoms with E-state index < -0.39 is 36.0 Å². The van der Waals surface area contributed by atoms with Gasteiger partial charge in [-0.25, -0.2) is 4.79 Å². The molecule has 4 nitrogen and oxygen atoms in total. The number of nitrogens with zero attached hydrogens (tertiary/aromatic N) is 1. The zero-order valence-corrected chi connectivity index (χ0v) is 8.05. The third-order valence-corrected chi connectivity index (χ3v) is 2.35. The van der Waals surface area contributed by atoms with Crippen molar-refractivity contribution in [1.29, 1.82) is 0 Å². The molecule has 1 N–H and O–H groups in total. The van der Waals surface area contributed by atoms with Crippen molar-refractivity contribution in [2.45, 2.75) is 24.0 Å². The zero-order valence-electron chi connectivity index (χ0n) is 7.29. The summed E-state index contributed by atoms with van der Waals surface area (Å²) in [4.78, 5) is 21.6. The summed E-state index contributed by atoms with van der Waals surface area (Å²) in [6.07, 6.45) is -5.23. The Bertz CT molecular complexity index is 294. The van der Waals surface area contributed by atoms with Crippen molar-refractivity contribution in [3.8, 4) is 0 Å². The van der Waals surface area contributed by atoms with Crippen LogP contribution in [-0.2, 0) is 9.59 Å². The molecule has 0 aromatic heterocycles. The molecule has 0 bridgehead atoms. The standard InChI is InChI=1S/C7H7ClF3NO3/c8-3-1-4(5(13)14)12(2-3)6(15)7(9,10)11/h3-4H,1-2H2,(H,13,14)/t3-,4-/m0/s1. The smallest absolute Gasteiger partial charge is 0.471 e. The molecule has 1 saturated heterocycles. The van der Waals surface area contributed by atoms with E-state index in [0.29, 0.717) is 0 Å². The fourth-order valence-corrected chi connectivity index (χ4v) is 1.72. The van der Waals surface area contributed by atoms with Crippen molar-refractivity contribution >= 4 is 23.5 Å². The van der Waals surface area contributed by atoms with Crippen LogP contribution in [0.25, 0.3) is 0 Å². The average Bonchev–Trinajstić information content (AvgIpc) is 2.44. The molecular formula is C7H7ClF3NO3. The summed E-state index contributed by atoms with van der Waals surface area (Å²) in [7, 11) is 0. The molecule has 1 heterocycles. The number of carbonyl (C=O) groups is 2. The third-order valence-electron chi connectivity index (χ3n) is 2.04. The topological polar surface area (TPSA) is 57.6 Å². The number of likely N-dealkylation sites (tertiary alicyclic amines) is 1. The van der Waals surface area contributed by atoms with Crippen LogP contribution in [-0.4, -0.2) is 46.0 Å². The van der Waals surface area contributed by atoms with Crippen LogP contribution in [0, 0.1) is 0 Å². The van der Waals surface area contributed by atoms with E-state index in [0.717, 1.165) is 0 Å². The Morgan fingerprint density at radius 1 is 1.40 bits per heavy atom. The van der Waals surface area contributed by atoms with Crippen LogP contribution < -0.4 is 0 Å². The van der Waals surface area contributed by atoms with Gasteiger partial charge in [0.15, 0.2) is 0 Å². The van der Waals surface area contributed by atoms with Gasteiger partial charge >= 0.3 is 18.1 Å². The van der Waals surface area contributed by atoms with E-state index in [1.54, 1.807) is 0 Å². The second kappa shape index (κ2) is 3.88. The second-order valence-corrected chi connectivity index (χ2v) is 3.76. The maximum Gasteiger partial charge on any atom is 0.471 e. The van der Waals surface area contributed by atoms with Gasteiger partial charge in [-0.2, -0.15) is 13.2 Å². The number of carbonyl (C=O) groups excluding carboxylic acids is 1. The highest BCUT2D eigenvalue weighted by Crippen LogP contribution is 2.28. The molecule has 0 aromatic rings. The summed E-state index contributed by atoms with van der Waals surface area (Å²) in [5.74, 6) is -3.63. The summed E-state index contributed by atoms with van der Waals surface area (Å²) in [6, 6.07) is -1.48. The quantitative estimate of drug-likeness (QED) is 0.697. The Hall–Kier alpha value is -0.980. The van der Waals surface area contributed by atoms with Crippen molar-refractivity contribution < 1.29 is 27.9 Å². The SMILES string of the molecule is O=C(O)[C@@H]1C[C@H](Cl)CN1C(=O)C(F)(F)F. The number of hydrogen-bond donors (Lipinski definition) is 1. The van der Waals surface area contributed by atoms with E-state index >= 15 is 0 Å². The Labute approximate surface area is 87.6 Å². The third kappa shape index (κ3) is 2.53. The molecule has 0 aromatic carbocycles. The van der Waals surface area contributed by atoms with Crippen LogP contribution >= 0.6 is 11.6 Å². The fraction of sp³-hybridized carbons (Fsp3) is 0.714. The summed E-state index contributed by atoms with van der Waals surface area (Å²) >= 11 is 5.52. The van der Waals surface area contributed by atoms with Gasteiger partial charge in [-0.1, -0.05) is 0 Å². The highest BCUT2D eigenvalue weighted by Gasteiger charge is 2.49. The Morgan fingerprint density at radius 2 is 1.93 bits per heavy atom. The van der Waals surface area contributed by atoms with Gasteiger partial charge < -0.3 is 10.0 Å². The van der Waals surface area contributed by atoms with E-state index in [1.807, 2.05) is 0 Å². The maximum absolute atomic E-state index is 12.0. The van der Waals surface area contributed by atoms with Gasteiger partial charge in [0.2, 0.25) is 0 Å². The van der Waals surface area contributed by atoms with Gasteiger partial charge in [0, 0.05) is 6.54 Å². The molecule has 1 fully saturated rings. The van der Waals surface area contributed by atoms with Crippen molar-refractivity contribution in [3.63, 3.8) is 0 Å². The summed E-state index contributed by atoms with van der Waals surface area (Å²) < 4.78 is 36.1. The summed E-state index contributed by atoms with van der Waals surface area (Å²) in [6.45, 7) is -0.392. The highest BCUT2D eigenvalue weighted by atomic mass is 35.5. The molecule has 1 amide bonds. The lowest BCUT2D eigenvalue weighted by Crippen LogP contribution is -2.46. The van der Waals surface area contributed by atoms with E-state index in [4.69, 9.17) is 16.7 Å². The molecule has 0 radical (unpaired) electrons. The molecule has 0 saturated carbocycles.